The fourth-order valence-electron chi connectivity index (χ4n) is 5.33. The Morgan fingerprint density at radius 1 is 0.947 bits per heavy atom. The SMILES string of the molecule is COCCOc1ccc(-c2ccc3ncc4c(c3c2)n(-c2ccc(C3CCNCC3)cc2)c(=O)n4C)cn1. The van der Waals surface area contributed by atoms with E-state index in [0.29, 0.717) is 25.0 Å². The number of ether oxygens (including phenoxy) is 2. The number of benzene rings is 2. The Morgan fingerprint density at radius 2 is 1.74 bits per heavy atom. The zero-order chi connectivity index (χ0) is 26.1. The zero-order valence-corrected chi connectivity index (χ0v) is 21.7. The van der Waals surface area contributed by atoms with Gasteiger partial charge in [-0.3, -0.25) is 14.1 Å². The molecule has 1 aliphatic heterocycles. The summed E-state index contributed by atoms with van der Waals surface area (Å²) in [5, 5.41) is 4.35. The van der Waals surface area contributed by atoms with Gasteiger partial charge in [-0.1, -0.05) is 18.2 Å². The lowest BCUT2D eigenvalue weighted by Gasteiger charge is -2.23. The average Bonchev–Trinajstić information content (AvgIpc) is 3.23. The van der Waals surface area contributed by atoms with Gasteiger partial charge in [-0.2, -0.15) is 0 Å². The molecule has 5 aromatic rings. The maximum Gasteiger partial charge on any atom is 0.333 e. The van der Waals surface area contributed by atoms with Crippen molar-refractivity contribution in [3.63, 3.8) is 0 Å². The standard InChI is InChI=1S/C30H31N5O3/c1-34-27-19-32-26-9-5-22(23-6-10-28(33-18-23)38-16-15-37-2)17-25(26)29(27)35(30(34)36)24-7-3-20(4-8-24)21-11-13-31-14-12-21/h3-10,17-19,21,31H,11-16H2,1-2H3. The van der Waals surface area contributed by atoms with E-state index >= 15 is 0 Å². The van der Waals surface area contributed by atoms with Gasteiger partial charge in [0.25, 0.3) is 0 Å². The molecule has 4 heterocycles. The number of hydrogen-bond acceptors (Lipinski definition) is 6. The van der Waals surface area contributed by atoms with Crippen LogP contribution < -0.4 is 15.7 Å². The molecule has 0 spiro atoms. The van der Waals surface area contributed by atoms with E-state index in [1.54, 1.807) is 35.7 Å². The van der Waals surface area contributed by atoms with Crippen molar-refractivity contribution >= 4 is 21.9 Å². The molecule has 0 radical (unpaired) electrons. The highest BCUT2D eigenvalue weighted by Crippen LogP contribution is 2.31. The molecule has 0 aliphatic carbocycles. The van der Waals surface area contributed by atoms with Crippen LogP contribution in [0.1, 0.15) is 24.3 Å². The lowest BCUT2D eigenvalue weighted by Crippen LogP contribution is -2.26. The Kier molecular flexibility index (Phi) is 6.66. The highest BCUT2D eigenvalue weighted by molar-refractivity contribution is 6.04. The molecule has 0 unspecified atom stereocenters. The summed E-state index contributed by atoms with van der Waals surface area (Å²) in [5.74, 6) is 1.12. The van der Waals surface area contributed by atoms with Crippen LogP contribution in [0.15, 0.2) is 71.8 Å². The first kappa shape index (κ1) is 24.3. The molecule has 0 bridgehead atoms. The molecule has 0 atom stereocenters. The highest BCUT2D eigenvalue weighted by atomic mass is 16.5. The van der Waals surface area contributed by atoms with Crippen LogP contribution in [-0.4, -0.2) is 52.5 Å². The number of nitrogens with zero attached hydrogens (tertiary/aromatic N) is 4. The number of fused-ring (bicyclic) bond motifs is 3. The molecule has 2 aromatic carbocycles. The third kappa shape index (κ3) is 4.46. The molecule has 8 heteroatoms. The van der Waals surface area contributed by atoms with Gasteiger partial charge in [0.2, 0.25) is 5.88 Å². The average molecular weight is 510 g/mol. The maximum atomic E-state index is 13.5. The Bertz CT molecular complexity index is 1630. The molecule has 194 valence electrons. The number of methoxy groups -OCH3 is 1. The normalized spacial score (nSPS) is 14.4. The fraction of sp³-hybridized carbons (Fsp3) is 0.300. The molecule has 0 saturated carbocycles. The van der Waals surface area contributed by atoms with Gasteiger partial charge in [-0.05, 0) is 73.3 Å². The van der Waals surface area contributed by atoms with Crippen LogP contribution in [0.25, 0.3) is 38.8 Å². The second-order valence-corrected chi connectivity index (χ2v) is 9.74. The number of nitrogens with one attached hydrogen (secondary N) is 1. The summed E-state index contributed by atoms with van der Waals surface area (Å²) in [4.78, 5) is 22.6. The minimum atomic E-state index is -0.0893. The van der Waals surface area contributed by atoms with Crippen LogP contribution in [0.4, 0.5) is 0 Å². The van der Waals surface area contributed by atoms with Gasteiger partial charge in [-0.15, -0.1) is 0 Å². The highest BCUT2D eigenvalue weighted by Gasteiger charge is 2.19. The molecule has 1 fully saturated rings. The number of aromatic nitrogens is 4. The van der Waals surface area contributed by atoms with E-state index in [1.165, 1.54) is 5.56 Å². The fourth-order valence-corrected chi connectivity index (χ4v) is 5.33. The van der Waals surface area contributed by atoms with Crippen molar-refractivity contribution in [2.45, 2.75) is 18.8 Å². The van der Waals surface area contributed by atoms with Crippen LogP contribution in [0.3, 0.4) is 0 Å². The summed E-state index contributed by atoms with van der Waals surface area (Å²) >= 11 is 0. The largest absolute Gasteiger partial charge is 0.475 e. The van der Waals surface area contributed by atoms with E-state index in [0.717, 1.165) is 64.7 Å². The predicted molar refractivity (Wildman–Crippen MR) is 149 cm³/mol. The van der Waals surface area contributed by atoms with E-state index in [9.17, 15) is 4.79 Å². The van der Waals surface area contributed by atoms with Gasteiger partial charge in [0, 0.05) is 37.4 Å². The van der Waals surface area contributed by atoms with E-state index in [2.05, 4.69) is 45.6 Å². The summed E-state index contributed by atoms with van der Waals surface area (Å²) < 4.78 is 14.1. The van der Waals surface area contributed by atoms with Crippen molar-refractivity contribution in [2.24, 2.45) is 7.05 Å². The van der Waals surface area contributed by atoms with E-state index < -0.39 is 0 Å². The molecule has 8 nitrogen and oxygen atoms in total. The predicted octanol–water partition coefficient (Wildman–Crippen LogP) is 4.43. The van der Waals surface area contributed by atoms with Crippen LogP contribution in [-0.2, 0) is 11.8 Å². The molecule has 6 rings (SSSR count). The van der Waals surface area contributed by atoms with E-state index in [1.807, 2.05) is 24.3 Å². The molecule has 0 amide bonds. The van der Waals surface area contributed by atoms with E-state index in [4.69, 9.17) is 9.47 Å². The van der Waals surface area contributed by atoms with Crippen molar-refractivity contribution in [3.05, 3.63) is 83.0 Å². The quantitative estimate of drug-likeness (QED) is 0.327. The van der Waals surface area contributed by atoms with Gasteiger partial charge in [0.1, 0.15) is 6.61 Å². The lowest BCUT2D eigenvalue weighted by molar-refractivity contribution is 0.144. The zero-order valence-electron chi connectivity index (χ0n) is 21.7. The number of piperidine rings is 1. The number of pyridine rings is 2. The van der Waals surface area contributed by atoms with Crippen molar-refractivity contribution < 1.29 is 9.47 Å². The van der Waals surface area contributed by atoms with Crippen LogP contribution >= 0.6 is 0 Å². The maximum absolute atomic E-state index is 13.5. The second kappa shape index (κ2) is 10.4. The van der Waals surface area contributed by atoms with Crippen LogP contribution in [0.2, 0.25) is 0 Å². The van der Waals surface area contributed by atoms with Crippen molar-refractivity contribution in [3.8, 4) is 22.7 Å². The van der Waals surface area contributed by atoms with Crippen molar-refractivity contribution in [1.82, 2.24) is 24.4 Å². The lowest BCUT2D eigenvalue weighted by atomic mass is 9.90. The molecular formula is C30H31N5O3. The van der Waals surface area contributed by atoms with Gasteiger partial charge in [-0.25, -0.2) is 9.78 Å². The van der Waals surface area contributed by atoms with E-state index in [-0.39, 0.29) is 5.69 Å². The summed E-state index contributed by atoms with van der Waals surface area (Å²) in [5.41, 5.74) is 6.53. The molecule has 3 aromatic heterocycles. The molecular weight excluding hydrogens is 478 g/mol. The summed E-state index contributed by atoms with van der Waals surface area (Å²) in [7, 11) is 3.44. The molecule has 1 aliphatic rings. The van der Waals surface area contributed by atoms with Crippen LogP contribution in [0, 0.1) is 0 Å². The Balaban J connectivity index is 1.42. The van der Waals surface area contributed by atoms with Crippen LogP contribution in [0.5, 0.6) is 5.88 Å². The molecule has 38 heavy (non-hydrogen) atoms. The topological polar surface area (TPSA) is 83.2 Å². The number of imidazole rings is 1. The minimum Gasteiger partial charge on any atom is -0.475 e. The van der Waals surface area contributed by atoms with Crippen molar-refractivity contribution in [2.75, 3.05) is 33.4 Å². The first-order valence-corrected chi connectivity index (χ1v) is 13.0. The van der Waals surface area contributed by atoms with Gasteiger partial charge < -0.3 is 14.8 Å². The second-order valence-electron chi connectivity index (χ2n) is 9.74. The minimum absolute atomic E-state index is 0.0893. The first-order chi connectivity index (χ1) is 18.6. The van der Waals surface area contributed by atoms with Crippen molar-refractivity contribution in [1.29, 1.82) is 0 Å². The monoisotopic (exact) mass is 509 g/mol. The Hall–Kier alpha value is -4.01. The smallest absolute Gasteiger partial charge is 0.333 e. The summed E-state index contributed by atoms with van der Waals surface area (Å²) in [6.45, 7) is 3.06. The number of aryl methyl sites for hydroxylation is 1. The van der Waals surface area contributed by atoms with Gasteiger partial charge in [0.05, 0.1) is 35.0 Å². The number of rotatable bonds is 7. The Labute approximate surface area is 220 Å². The number of hydrogen-bond donors (Lipinski definition) is 1. The molecule has 1 N–H and O–H groups in total. The summed E-state index contributed by atoms with van der Waals surface area (Å²) in [6.07, 6.45) is 5.87. The third-order valence-corrected chi connectivity index (χ3v) is 7.45. The van der Waals surface area contributed by atoms with Gasteiger partial charge in [0.15, 0.2) is 0 Å². The first-order valence-electron chi connectivity index (χ1n) is 13.0. The molecule has 1 saturated heterocycles. The Morgan fingerprint density at radius 3 is 2.47 bits per heavy atom. The summed E-state index contributed by atoms with van der Waals surface area (Å²) in [6, 6.07) is 18.4. The van der Waals surface area contributed by atoms with Gasteiger partial charge >= 0.3 is 5.69 Å². The third-order valence-electron chi connectivity index (χ3n) is 7.45.